The van der Waals surface area contributed by atoms with Crippen LogP contribution >= 0.6 is 23.2 Å². The van der Waals surface area contributed by atoms with Gasteiger partial charge in [-0.25, -0.2) is 0 Å². The van der Waals surface area contributed by atoms with Gasteiger partial charge >= 0.3 is 0 Å². The third-order valence-electron chi connectivity index (χ3n) is 2.32. The average Bonchev–Trinajstić information content (AvgIpc) is 2.41. The van der Waals surface area contributed by atoms with Crippen LogP contribution in [0, 0.1) is 0 Å². The summed E-state index contributed by atoms with van der Waals surface area (Å²) >= 11 is 11.9. The van der Waals surface area contributed by atoms with E-state index in [4.69, 9.17) is 28.9 Å². The quantitative estimate of drug-likeness (QED) is 0.687. The van der Waals surface area contributed by atoms with Gasteiger partial charge in [0.05, 0.1) is 10.0 Å². The number of nitrogens with two attached hydrogens (primary N) is 1. The monoisotopic (exact) mass is 201 g/mol. The second-order valence-electron chi connectivity index (χ2n) is 3.08. The molecule has 0 spiro atoms. The molecule has 64 valence electrons. The summed E-state index contributed by atoms with van der Waals surface area (Å²) < 4.78 is 0. The van der Waals surface area contributed by atoms with Crippen molar-refractivity contribution in [3.05, 3.63) is 33.3 Å². The summed E-state index contributed by atoms with van der Waals surface area (Å²) in [5.74, 6) is 0. The van der Waals surface area contributed by atoms with Crippen molar-refractivity contribution < 1.29 is 0 Å². The summed E-state index contributed by atoms with van der Waals surface area (Å²) in [6.07, 6.45) is 2.00. The Hall–Kier alpha value is -0.240. The van der Waals surface area contributed by atoms with E-state index in [-0.39, 0.29) is 6.04 Å². The molecule has 0 bridgehead atoms. The molecular formula is C9H9Cl2N. The highest BCUT2D eigenvalue weighted by Crippen LogP contribution is 2.38. The Morgan fingerprint density at radius 2 is 2.08 bits per heavy atom. The lowest BCUT2D eigenvalue weighted by atomic mass is 10.1. The summed E-state index contributed by atoms with van der Waals surface area (Å²) in [6, 6.07) is 3.92. The zero-order valence-corrected chi connectivity index (χ0v) is 7.99. The molecule has 0 aromatic heterocycles. The Balaban J connectivity index is 2.63. The molecular weight excluding hydrogens is 193 g/mol. The fourth-order valence-electron chi connectivity index (χ4n) is 1.68. The Kier molecular flexibility index (Phi) is 2.03. The SMILES string of the molecule is N[C@@H]1CCc2ccc(Cl)c(Cl)c21. The topological polar surface area (TPSA) is 26.0 Å². The van der Waals surface area contributed by atoms with E-state index in [1.54, 1.807) is 0 Å². The Morgan fingerprint density at radius 1 is 1.33 bits per heavy atom. The van der Waals surface area contributed by atoms with E-state index in [2.05, 4.69) is 0 Å². The molecule has 2 rings (SSSR count). The van der Waals surface area contributed by atoms with Gasteiger partial charge in [0.25, 0.3) is 0 Å². The van der Waals surface area contributed by atoms with Crippen LogP contribution < -0.4 is 5.73 Å². The minimum absolute atomic E-state index is 0.0752. The molecule has 0 radical (unpaired) electrons. The third-order valence-corrected chi connectivity index (χ3v) is 3.14. The first-order chi connectivity index (χ1) is 5.70. The molecule has 0 fully saturated rings. The van der Waals surface area contributed by atoms with Gasteiger partial charge in [0, 0.05) is 6.04 Å². The lowest BCUT2D eigenvalue weighted by Gasteiger charge is -2.07. The van der Waals surface area contributed by atoms with Gasteiger partial charge in [0.2, 0.25) is 0 Å². The number of aryl methyl sites for hydroxylation is 1. The summed E-state index contributed by atoms with van der Waals surface area (Å²) in [5.41, 5.74) is 8.17. The number of hydrogen-bond acceptors (Lipinski definition) is 1. The number of fused-ring (bicyclic) bond motifs is 1. The Bertz CT molecular complexity index is 323. The second-order valence-corrected chi connectivity index (χ2v) is 3.86. The van der Waals surface area contributed by atoms with Gasteiger partial charge in [-0.15, -0.1) is 0 Å². The van der Waals surface area contributed by atoms with Gasteiger partial charge in [0.15, 0.2) is 0 Å². The van der Waals surface area contributed by atoms with Crippen LogP contribution in [0.1, 0.15) is 23.6 Å². The van der Waals surface area contributed by atoms with Crippen molar-refractivity contribution in [2.45, 2.75) is 18.9 Å². The maximum atomic E-state index is 6.02. The third kappa shape index (κ3) is 1.13. The first-order valence-corrected chi connectivity index (χ1v) is 4.68. The number of halogens is 2. The number of rotatable bonds is 0. The molecule has 1 aromatic rings. The smallest absolute Gasteiger partial charge is 0.0642 e. The number of benzene rings is 1. The van der Waals surface area contributed by atoms with Crippen molar-refractivity contribution in [3.63, 3.8) is 0 Å². The maximum absolute atomic E-state index is 6.02. The lowest BCUT2D eigenvalue weighted by Crippen LogP contribution is -2.05. The lowest BCUT2D eigenvalue weighted by molar-refractivity contribution is 0.713. The van der Waals surface area contributed by atoms with Crippen molar-refractivity contribution in [1.82, 2.24) is 0 Å². The van der Waals surface area contributed by atoms with E-state index in [0.717, 1.165) is 18.4 Å². The second kappa shape index (κ2) is 2.91. The molecule has 2 N–H and O–H groups in total. The molecule has 0 saturated heterocycles. The zero-order valence-electron chi connectivity index (χ0n) is 6.48. The number of hydrogen-bond donors (Lipinski definition) is 1. The molecule has 0 aliphatic heterocycles. The van der Waals surface area contributed by atoms with E-state index in [0.29, 0.717) is 10.0 Å². The van der Waals surface area contributed by atoms with E-state index in [1.807, 2.05) is 12.1 Å². The normalized spacial score (nSPS) is 21.1. The van der Waals surface area contributed by atoms with Crippen LogP contribution in [0.3, 0.4) is 0 Å². The first kappa shape index (κ1) is 8.36. The van der Waals surface area contributed by atoms with Crippen LogP contribution in [-0.4, -0.2) is 0 Å². The molecule has 1 atom stereocenters. The minimum atomic E-state index is 0.0752. The van der Waals surface area contributed by atoms with Gasteiger partial charge in [-0.2, -0.15) is 0 Å². The van der Waals surface area contributed by atoms with Crippen LogP contribution in [0.4, 0.5) is 0 Å². The molecule has 1 aliphatic rings. The highest BCUT2D eigenvalue weighted by atomic mass is 35.5. The average molecular weight is 202 g/mol. The van der Waals surface area contributed by atoms with Crippen LogP contribution in [0.5, 0.6) is 0 Å². The van der Waals surface area contributed by atoms with Gasteiger partial charge in [-0.1, -0.05) is 29.3 Å². The predicted molar refractivity (Wildman–Crippen MR) is 51.7 cm³/mol. The Labute approximate surface area is 81.5 Å². The molecule has 1 aromatic carbocycles. The molecule has 1 aliphatic carbocycles. The molecule has 0 unspecified atom stereocenters. The molecule has 12 heavy (non-hydrogen) atoms. The zero-order chi connectivity index (χ0) is 8.72. The largest absolute Gasteiger partial charge is 0.324 e. The van der Waals surface area contributed by atoms with Gasteiger partial charge in [0.1, 0.15) is 0 Å². The summed E-state index contributed by atoms with van der Waals surface area (Å²) in [6.45, 7) is 0. The molecule has 3 heteroatoms. The summed E-state index contributed by atoms with van der Waals surface area (Å²) in [7, 11) is 0. The molecule has 1 nitrogen and oxygen atoms in total. The highest BCUT2D eigenvalue weighted by molar-refractivity contribution is 6.42. The van der Waals surface area contributed by atoms with Crippen LogP contribution in [-0.2, 0) is 6.42 Å². The van der Waals surface area contributed by atoms with E-state index >= 15 is 0 Å². The fourth-order valence-corrected chi connectivity index (χ4v) is 2.17. The minimum Gasteiger partial charge on any atom is -0.324 e. The van der Waals surface area contributed by atoms with Gasteiger partial charge in [-0.3, -0.25) is 0 Å². The highest BCUT2D eigenvalue weighted by Gasteiger charge is 2.22. The predicted octanol–water partition coefficient (Wildman–Crippen LogP) is 2.94. The molecule has 0 amide bonds. The Morgan fingerprint density at radius 3 is 2.83 bits per heavy atom. The van der Waals surface area contributed by atoms with E-state index in [1.165, 1.54) is 5.56 Å². The molecule has 0 heterocycles. The maximum Gasteiger partial charge on any atom is 0.0642 e. The van der Waals surface area contributed by atoms with Crippen molar-refractivity contribution in [1.29, 1.82) is 0 Å². The van der Waals surface area contributed by atoms with Gasteiger partial charge < -0.3 is 5.73 Å². The van der Waals surface area contributed by atoms with Crippen molar-refractivity contribution >= 4 is 23.2 Å². The standard InChI is InChI=1S/C9H9Cl2N/c10-6-3-1-5-2-4-7(12)8(5)9(6)11/h1,3,7H,2,4,12H2/t7-/m1/s1. The van der Waals surface area contributed by atoms with Crippen LogP contribution in [0.25, 0.3) is 0 Å². The van der Waals surface area contributed by atoms with Crippen molar-refractivity contribution in [2.75, 3.05) is 0 Å². The van der Waals surface area contributed by atoms with E-state index < -0.39 is 0 Å². The van der Waals surface area contributed by atoms with Gasteiger partial charge in [-0.05, 0) is 30.0 Å². The van der Waals surface area contributed by atoms with Crippen molar-refractivity contribution in [3.8, 4) is 0 Å². The summed E-state index contributed by atoms with van der Waals surface area (Å²) in [4.78, 5) is 0. The molecule has 0 saturated carbocycles. The van der Waals surface area contributed by atoms with Crippen LogP contribution in [0.2, 0.25) is 10.0 Å². The summed E-state index contributed by atoms with van der Waals surface area (Å²) in [5, 5.41) is 1.24. The van der Waals surface area contributed by atoms with E-state index in [9.17, 15) is 0 Å². The van der Waals surface area contributed by atoms with Crippen LogP contribution in [0.15, 0.2) is 12.1 Å². The van der Waals surface area contributed by atoms with Crippen molar-refractivity contribution in [2.24, 2.45) is 5.73 Å². The first-order valence-electron chi connectivity index (χ1n) is 3.92. The fraction of sp³-hybridized carbons (Fsp3) is 0.333.